The van der Waals surface area contributed by atoms with E-state index in [-0.39, 0.29) is 0 Å². The minimum atomic E-state index is 0.561. The maximum Gasteiger partial charge on any atom is 0.178 e. The largest absolute Gasteiger partial charge is 0.331 e. The van der Waals surface area contributed by atoms with Crippen molar-refractivity contribution in [1.82, 2.24) is 9.55 Å². The molecule has 1 aliphatic carbocycles. The summed E-state index contributed by atoms with van der Waals surface area (Å²) < 4.78 is 2.87. The lowest BCUT2D eigenvalue weighted by Gasteiger charge is -2.04. The van der Waals surface area contributed by atoms with Crippen LogP contribution in [-0.2, 0) is 6.54 Å². The molecule has 1 saturated carbocycles. The molecule has 1 fully saturated rings. The number of benzene rings is 1. The van der Waals surface area contributed by atoms with E-state index in [9.17, 15) is 0 Å². The predicted molar refractivity (Wildman–Crippen MR) is 79.1 cm³/mol. The topological polar surface area (TPSA) is 20.7 Å². The molecule has 18 heavy (non-hydrogen) atoms. The SMILES string of the molecule is S=c1[nH]c2cc(Cl)c(Cl)cc2n1CCCC1CC1. The Balaban J connectivity index is 1.91. The van der Waals surface area contributed by atoms with Crippen molar-refractivity contribution >= 4 is 46.5 Å². The molecule has 5 heteroatoms. The van der Waals surface area contributed by atoms with Crippen molar-refractivity contribution in [3.05, 3.63) is 26.9 Å². The van der Waals surface area contributed by atoms with Gasteiger partial charge in [0.25, 0.3) is 0 Å². The molecule has 0 atom stereocenters. The van der Waals surface area contributed by atoms with Gasteiger partial charge < -0.3 is 9.55 Å². The number of aromatic amines is 1. The third-order valence-electron chi connectivity index (χ3n) is 3.51. The summed E-state index contributed by atoms with van der Waals surface area (Å²) in [5.41, 5.74) is 2.01. The number of nitrogens with one attached hydrogen (secondary N) is 1. The Bertz CT molecular complexity index is 640. The van der Waals surface area contributed by atoms with Crippen molar-refractivity contribution in [2.24, 2.45) is 5.92 Å². The van der Waals surface area contributed by atoms with Crippen molar-refractivity contribution in [3.63, 3.8) is 0 Å². The molecule has 3 rings (SSSR count). The highest BCUT2D eigenvalue weighted by Crippen LogP contribution is 2.34. The third-order valence-corrected chi connectivity index (χ3v) is 4.55. The molecule has 1 aromatic heterocycles. The standard InChI is InChI=1S/C13H14Cl2N2S/c14-9-6-11-12(7-10(9)15)17(13(18)16-11)5-1-2-8-3-4-8/h6-8H,1-5H2,(H,16,18). The van der Waals surface area contributed by atoms with Crippen LogP contribution in [0.3, 0.4) is 0 Å². The van der Waals surface area contributed by atoms with Crippen LogP contribution in [0.1, 0.15) is 25.7 Å². The van der Waals surface area contributed by atoms with Gasteiger partial charge in [0.05, 0.1) is 21.1 Å². The van der Waals surface area contributed by atoms with Crippen LogP contribution in [-0.4, -0.2) is 9.55 Å². The number of nitrogens with zero attached hydrogens (tertiary/aromatic N) is 1. The number of H-pyrrole nitrogens is 1. The molecule has 96 valence electrons. The Morgan fingerprint density at radius 3 is 2.72 bits per heavy atom. The van der Waals surface area contributed by atoms with E-state index in [1.54, 1.807) is 0 Å². The van der Waals surface area contributed by atoms with Gasteiger partial charge in [0, 0.05) is 6.54 Å². The highest BCUT2D eigenvalue weighted by Gasteiger charge is 2.20. The van der Waals surface area contributed by atoms with Gasteiger partial charge in [-0.05, 0) is 43.1 Å². The van der Waals surface area contributed by atoms with E-state index in [4.69, 9.17) is 35.4 Å². The number of hydrogen-bond donors (Lipinski definition) is 1. The zero-order valence-electron chi connectivity index (χ0n) is 9.88. The van der Waals surface area contributed by atoms with Gasteiger partial charge in [0.1, 0.15) is 0 Å². The summed E-state index contributed by atoms with van der Waals surface area (Å²) in [6, 6.07) is 3.73. The highest BCUT2D eigenvalue weighted by atomic mass is 35.5. The van der Waals surface area contributed by atoms with Crippen LogP contribution in [0.4, 0.5) is 0 Å². The maximum atomic E-state index is 6.07. The second kappa shape index (κ2) is 4.87. The summed E-state index contributed by atoms with van der Waals surface area (Å²) in [5.74, 6) is 0.961. The molecule has 0 radical (unpaired) electrons. The lowest BCUT2D eigenvalue weighted by atomic mass is 10.2. The molecule has 0 saturated heterocycles. The third kappa shape index (κ3) is 2.44. The monoisotopic (exact) mass is 300 g/mol. The van der Waals surface area contributed by atoms with Crippen LogP contribution in [0.15, 0.2) is 12.1 Å². The van der Waals surface area contributed by atoms with Gasteiger partial charge in [-0.1, -0.05) is 36.0 Å². The quantitative estimate of drug-likeness (QED) is 0.770. The first-order chi connectivity index (χ1) is 8.65. The fraction of sp³-hybridized carbons (Fsp3) is 0.462. The predicted octanol–water partition coefficient (Wildman–Crippen LogP) is 5.20. The van der Waals surface area contributed by atoms with Crippen molar-refractivity contribution in [2.75, 3.05) is 0 Å². The van der Waals surface area contributed by atoms with E-state index in [0.717, 1.165) is 28.3 Å². The molecular formula is C13H14Cl2N2S. The fourth-order valence-electron chi connectivity index (χ4n) is 2.32. The summed E-state index contributed by atoms with van der Waals surface area (Å²) >= 11 is 17.4. The molecule has 2 nitrogen and oxygen atoms in total. The van der Waals surface area contributed by atoms with E-state index in [1.165, 1.54) is 25.7 Å². The Hall–Kier alpha value is -0.510. The van der Waals surface area contributed by atoms with Crippen molar-refractivity contribution in [1.29, 1.82) is 0 Å². The first-order valence-corrected chi connectivity index (χ1v) is 7.39. The molecule has 1 aliphatic rings. The average molecular weight is 301 g/mol. The molecule has 0 unspecified atom stereocenters. The van der Waals surface area contributed by atoms with Gasteiger partial charge in [-0.2, -0.15) is 0 Å². The van der Waals surface area contributed by atoms with Gasteiger partial charge >= 0.3 is 0 Å². The minimum absolute atomic E-state index is 0.561. The van der Waals surface area contributed by atoms with E-state index in [0.29, 0.717) is 10.0 Å². The zero-order valence-corrected chi connectivity index (χ0v) is 12.2. The first-order valence-electron chi connectivity index (χ1n) is 6.22. The van der Waals surface area contributed by atoms with E-state index < -0.39 is 0 Å². The molecule has 1 heterocycles. The molecule has 0 amide bonds. The Morgan fingerprint density at radius 1 is 1.28 bits per heavy atom. The van der Waals surface area contributed by atoms with Crippen LogP contribution in [0.2, 0.25) is 10.0 Å². The number of halogens is 2. The number of aryl methyl sites for hydroxylation is 1. The summed E-state index contributed by atoms with van der Waals surface area (Å²) in [4.78, 5) is 3.18. The smallest absolute Gasteiger partial charge is 0.178 e. The second-order valence-electron chi connectivity index (χ2n) is 4.95. The van der Waals surface area contributed by atoms with Crippen molar-refractivity contribution < 1.29 is 0 Å². The lowest BCUT2D eigenvalue weighted by Crippen LogP contribution is -1.98. The molecule has 1 aromatic carbocycles. The molecular weight excluding hydrogens is 287 g/mol. The number of hydrogen-bond acceptors (Lipinski definition) is 1. The number of imidazole rings is 1. The Morgan fingerprint density at radius 2 is 2.00 bits per heavy atom. The van der Waals surface area contributed by atoms with Gasteiger partial charge in [-0.15, -0.1) is 0 Å². The number of rotatable bonds is 4. The Labute approximate surface area is 121 Å². The minimum Gasteiger partial charge on any atom is -0.331 e. The molecule has 1 N–H and O–H groups in total. The number of aromatic nitrogens is 2. The first kappa shape index (κ1) is 12.5. The molecule has 0 bridgehead atoms. The van der Waals surface area contributed by atoms with Crippen molar-refractivity contribution in [3.8, 4) is 0 Å². The summed E-state index contributed by atoms with van der Waals surface area (Å²) in [6.45, 7) is 0.952. The Kier molecular flexibility index (Phi) is 3.39. The second-order valence-corrected chi connectivity index (χ2v) is 6.15. The average Bonchev–Trinajstić information content (AvgIpc) is 3.09. The number of fused-ring (bicyclic) bond motifs is 1. The van der Waals surface area contributed by atoms with Crippen LogP contribution in [0.25, 0.3) is 11.0 Å². The highest BCUT2D eigenvalue weighted by molar-refractivity contribution is 7.71. The summed E-state index contributed by atoms with van der Waals surface area (Å²) in [5, 5.41) is 1.14. The lowest BCUT2D eigenvalue weighted by molar-refractivity contribution is 0.582. The van der Waals surface area contributed by atoms with Gasteiger partial charge in [-0.3, -0.25) is 0 Å². The normalized spacial score (nSPS) is 15.4. The molecule has 0 spiro atoms. The van der Waals surface area contributed by atoms with Crippen LogP contribution < -0.4 is 0 Å². The van der Waals surface area contributed by atoms with Crippen LogP contribution in [0.5, 0.6) is 0 Å². The molecule has 0 aliphatic heterocycles. The van der Waals surface area contributed by atoms with Crippen LogP contribution >= 0.6 is 35.4 Å². The molecule has 2 aromatic rings. The van der Waals surface area contributed by atoms with Gasteiger partial charge in [-0.25, -0.2) is 0 Å². The van der Waals surface area contributed by atoms with Crippen molar-refractivity contribution in [2.45, 2.75) is 32.2 Å². The van der Waals surface area contributed by atoms with Crippen LogP contribution in [0, 0.1) is 10.7 Å². The van der Waals surface area contributed by atoms with Gasteiger partial charge in [0.2, 0.25) is 0 Å². The van der Waals surface area contributed by atoms with Gasteiger partial charge in [0.15, 0.2) is 4.77 Å². The summed E-state index contributed by atoms with van der Waals surface area (Å²) in [7, 11) is 0. The zero-order chi connectivity index (χ0) is 12.7. The fourth-order valence-corrected chi connectivity index (χ4v) is 2.94. The van der Waals surface area contributed by atoms with E-state index in [2.05, 4.69) is 9.55 Å². The maximum absolute atomic E-state index is 6.07. The summed E-state index contributed by atoms with van der Waals surface area (Å²) in [6.07, 6.45) is 5.28. The van der Waals surface area contributed by atoms with E-state index >= 15 is 0 Å². The van der Waals surface area contributed by atoms with E-state index in [1.807, 2.05) is 12.1 Å².